The number of rotatable bonds is 4. The molecule has 43 heavy (non-hydrogen) atoms. The van der Waals surface area contributed by atoms with Crippen molar-refractivity contribution in [3.05, 3.63) is 72.2 Å². The smallest absolute Gasteiger partial charge is 0.410 e. The van der Waals surface area contributed by atoms with Crippen LogP contribution in [-0.4, -0.2) is 55.0 Å². The van der Waals surface area contributed by atoms with E-state index in [9.17, 15) is 13.6 Å². The summed E-state index contributed by atoms with van der Waals surface area (Å²) >= 11 is 0. The molecule has 2 saturated heterocycles. The minimum Gasteiger partial charge on any atom is -0.444 e. The number of benzene rings is 1. The summed E-state index contributed by atoms with van der Waals surface area (Å²) in [6.07, 6.45) is 8.43. The van der Waals surface area contributed by atoms with Crippen molar-refractivity contribution in [1.82, 2.24) is 24.6 Å². The molecule has 2 aliphatic heterocycles. The zero-order chi connectivity index (χ0) is 30.5. The Labute approximate surface area is 250 Å². The first-order valence-electron chi connectivity index (χ1n) is 14.9. The number of aromatic nitrogens is 4. The standard InChI is InChI=1S/C33H38F2N6O2/c1-32(2,3)43-31(42)40-16-13-23(18-33(40,4)5)41-20-21(19-37-41)24-12-14-36-27-10-11-29(38-30(24)27)39-15-6-7-28(39)25-17-22(34)8-9-26(25)35/h8-12,14,17,19-20,23,28H,6-7,13,15-16,18H2,1-5H3. The number of likely N-dealkylation sites (tertiary alicyclic amines) is 1. The number of hydrogen-bond acceptors (Lipinski definition) is 6. The molecule has 3 aromatic heterocycles. The van der Waals surface area contributed by atoms with E-state index in [0.717, 1.165) is 53.9 Å². The number of fused-ring (bicyclic) bond motifs is 1. The fourth-order valence-electron chi connectivity index (χ4n) is 6.47. The maximum atomic E-state index is 14.7. The summed E-state index contributed by atoms with van der Waals surface area (Å²) in [5.41, 5.74) is 2.69. The van der Waals surface area contributed by atoms with Gasteiger partial charge in [0.2, 0.25) is 0 Å². The van der Waals surface area contributed by atoms with Gasteiger partial charge in [0.15, 0.2) is 0 Å². The van der Waals surface area contributed by atoms with Crippen LogP contribution in [0.25, 0.3) is 22.2 Å². The van der Waals surface area contributed by atoms with Crippen LogP contribution >= 0.6 is 0 Å². The van der Waals surface area contributed by atoms with Crippen LogP contribution in [0.15, 0.2) is 55.0 Å². The fourth-order valence-corrected chi connectivity index (χ4v) is 6.47. The van der Waals surface area contributed by atoms with Gasteiger partial charge in [-0.2, -0.15) is 5.10 Å². The Kier molecular flexibility index (Phi) is 7.34. The van der Waals surface area contributed by atoms with Crippen molar-refractivity contribution in [2.45, 2.75) is 83.5 Å². The summed E-state index contributed by atoms with van der Waals surface area (Å²) < 4.78 is 36.4. The highest BCUT2D eigenvalue weighted by atomic mass is 19.1. The number of pyridine rings is 2. The quantitative estimate of drug-likeness (QED) is 0.246. The molecule has 5 heterocycles. The van der Waals surface area contributed by atoms with Crippen LogP contribution < -0.4 is 4.90 Å². The van der Waals surface area contributed by atoms with E-state index in [1.807, 2.05) is 60.9 Å². The summed E-state index contributed by atoms with van der Waals surface area (Å²) in [6.45, 7) is 11.0. The van der Waals surface area contributed by atoms with Crippen LogP contribution in [-0.2, 0) is 4.74 Å². The molecule has 2 unspecified atom stereocenters. The predicted molar refractivity (Wildman–Crippen MR) is 162 cm³/mol. The van der Waals surface area contributed by atoms with Crippen molar-refractivity contribution in [2.24, 2.45) is 0 Å². The van der Waals surface area contributed by atoms with Crippen LogP contribution in [0.4, 0.5) is 19.4 Å². The van der Waals surface area contributed by atoms with E-state index in [1.165, 1.54) is 12.1 Å². The molecule has 2 atom stereocenters. The maximum absolute atomic E-state index is 14.7. The van der Waals surface area contributed by atoms with Crippen LogP contribution in [0.1, 0.15) is 77.9 Å². The second-order valence-electron chi connectivity index (χ2n) is 13.2. The first-order valence-corrected chi connectivity index (χ1v) is 14.9. The van der Waals surface area contributed by atoms with Crippen LogP contribution in [0, 0.1) is 11.6 Å². The zero-order valence-electron chi connectivity index (χ0n) is 25.3. The molecule has 0 radical (unpaired) electrons. The number of carbonyl (C=O) groups is 1. The van der Waals surface area contributed by atoms with Gasteiger partial charge in [0.05, 0.1) is 29.3 Å². The summed E-state index contributed by atoms with van der Waals surface area (Å²) in [5, 5.41) is 4.73. The molecule has 0 bridgehead atoms. The van der Waals surface area contributed by atoms with E-state index in [4.69, 9.17) is 14.8 Å². The van der Waals surface area contributed by atoms with E-state index in [2.05, 4.69) is 23.7 Å². The molecule has 1 aromatic carbocycles. The largest absolute Gasteiger partial charge is 0.444 e. The predicted octanol–water partition coefficient (Wildman–Crippen LogP) is 7.46. The van der Waals surface area contributed by atoms with Gasteiger partial charge >= 0.3 is 6.09 Å². The van der Waals surface area contributed by atoms with Gasteiger partial charge in [-0.25, -0.2) is 18.6 Å². The number of anilines is 1. The lowest BCUT2D eigenvalue weighted by Crippen LogP contribution is -2.54. The molecule has 1 amide bonds. The Bertz CT molecular complexity index is 1660. The van der Waals surface area contributed by atoms with E-state index in [-0.39, 0.29) is 18.2 Å². The zero-order valence-corrected chi connectivity index (χ0v) is 25.3. The molecule has 0 saturated carbocycles. The first-order chi connectivity index (χ1) is 20.4. The minimum atomic E-state index is -0.548. The van der Waals surface area contributed by atoms with Gasteiger partial charge < -0.3 is 14.5 Å². The van der Waals surface area contributed by atoms with E-state index >= 15 is 0 Å². The lowest BCUT2D eigenvalue weighted by Gasteiger charge is -2.45. The third kappa shape index (κ3) is 5.79. The maximum Gasteiger partial charge on any atom is 0.410 e. The SMILES string of the molecule is CC(C)(C)OC(=O)N1CCC(n2cc(-c3ccnc4ccc(N5CCCC5c5cc(F)ccc5F)nc34)cn2)CC1(C)C. The molecular formula is C33H38F2N6O2. The van der Waals surface area contributed by atoms with Gasteiger partial charge in [0.1, 0.15) is 23.1 Å². The molecule has 8 nitrogen and oxygen atoms in total. The Morgan fingerprint density at radius 2 is 1.88 bits per heavy atom. The number of nitrogens with zero attached hydrogens (tertiary/aromatic N) is 6. The van der Waals surface area contributed by atoms with Crippen LogP contribution in [0.3, 0.4) is 0 Å². The van der Waals surface area contributed by atoms with Gasteiger partial charge in [-0.1, -0.05) is 0 Å². The third-order valence-corrected chi connectivity index (χ3v) is 8.49. The highest BCUT2D eigenvalue weighted by Crippen LogP contribution is 2.39. The Morgan fingerprint density at radius 3 is 2.65 bits per heavy atom. The highest BCUT2D eigenvalue weighted by Gasteiger charge is 2.40. The molecule has 226 valence electrons. The molecular weight excluding hydrogens is 550 g/mol. The molecule has 0 spiro atoms. The number of piperidine rings is 1. The minimum absolute atomic E-state index is 0.116. The average molecular weight is 589 g/mol. The van der Waals surface area contributed by atoms with E-state index < -0.39 is 22.8 Å². The number of carbonyl (C=O) groups excluding carboxylic acids is 1. The van der Waals surface area contributed by atoms with E-state index in [1.54, 1.807) is 6.20 Å². The summed E-state index contributed by atoms with van der Waals surface area (Å²) in [5.74, 6) is -0.150. The van der Waals surface area contributed by atoms with Crippen molar-refractivity contribution < 1.29 is 18.3 Å². The van der Waals surface area contributed by atoms with Crippen LogP contribution in [0.2, 0.25) is 0 Å². The number of ether oxygens (including phenoxy) is 1. The monoisotopic (exact) mass is 588 g/mol. The molecule has 2 fully saturated rings. The van der Waals surface area contributed by atoms with Crippen molar-refractivity contribution in [3.8, 4) is 11.1 Å². The van der Waals surface area contributed by atoms with Gasteiger partial charge in [-0.15, -0.1) is 0 Å². The summed E-state index contributed by atoms with van der Waals surface area (Å²) in [7, 11) is 0. The number of hydrogen-bond donors (Lipinski definition) is 0. The van der Waals surface area contributed by atoms with Crippen LogP contribution in [0.5, 0.6) is 0 Å². The molecule has 2 aliphatic rings. The second kappa shape index (κ2) is 10.9. The van der Waals surface area contributed by atoms with Gasteiger partial charge in [-0.3, -0.25) is 9.67 Å². The Balaban J connectivity index is 1.26. The van der Waals surface area contributed by atoms with Crippen molar-refractivity contribution in [3.63, 3.8) is 0 Å². The normalized spacial score (nSPS) is 20.5. The topological polar surface area (TPSA) is 76.4 Å². The Morgan fingerprint density at radius 1 is 1.07 bits per heavy atom. The highest BCUT2D eigenvalue weighted by molar-refractivity contribution is 5.91. The summed E-state index contributed by atoms with van der Waals surface area (Å²) in [6, 6.07) is 9.22. The third-order valence-electron chi connectivity index (χ3n) is 8.49. The second-order valence-corrected chi connectivity index (χ2v) is 13.2. The molecule has 4 aromatic rings. The van der Waals surface area contributed by atoms with Gasteiger partial charge in [-0.05, 0) is 96.7 Å². The lowest BCUT2D eigenvalue weighted by atomic mass is 9.87. The fraction of sp³-hybridized carbons (Fsp3) is 0.455. The Hall–Kier alpha value is -4.08. The first kappa shape index (κ1) is 29.0. The van der Waals surface area contributed by atoms with Crippen molar-refractivity contribution >= 4 is 22.9 Å². The van der Waals surface area contributed by atoms with Crippen molar-refractivity contribution in [2.75, 3.05) is 18.0 Å². The van der Waals surface area contributed by atoms with Crippen molar-refractivity contribution in [1.29, 1.82) is 0 Å². The number of halogens is 2. The lowest BCUT2D eigenvalue weighted by molar-refractivity contribution is -0.0143. The molecule has 0 aliphatic carbocycles. The average Bonchev–Trinajstić information content (AvgIpc) is 3.63. The molecule has 6 rings (SSSR count). The molecule has 0 N–H and O–H groups in total. The van der Waals surface area contributed by atoms with Gasteiger partial charge in [0, 0.05) is 47.7 Å². The van der Waals surface area contributed by atoms with Gasteiger partial charge in [0.25, 0.3) is 0 Å². The summed E-state index contributed by atoms with van der Waals surface area (Å²) in [4.78, 5) is 26.3. The number of amides is 1. The van der Waals surface area contributed by atoms with E-state index in [0.29, 0.717) is 24.5 Å². The molecule has 10 heteroatoms.